The topological polar surface area (TPSA) is 32.8 Å². The standard InChI is InChI=1S/C22H30N2O2/c25-21-22(11-5-14-24(21)20-9-16-26-17-10-20)12-15-23(18-22)13-4-8-19-6-2-1-3-7-19/h1-4,6-8,20H,5,9-18H2/b8-4+/t22-/m1/s1. The summed E-state index contributed by atoms with van der Waals surface area (Å²) in [5, 5.41) is 0. The summed E-state index contributed by atoms with van der Waals surface area (Å²) < 4.78 is 5.49. The number of hydrogen-bond acceptors (Lipinski definition) is 3. The number of piperidine rings is 1. The molecule has 1 spiro atoms. The van der Waals surface area contributed by atoms with Crippen LogP contribution in [0.4, 0.5) is 0 Å². The normalized spacial score (nSPS) is 28.5. The van der Waals surface area contributed by atoms with Gasteiger partial charge in [-0.1, -0.05) is 42.5 Å². The Morgan fingerprint density at radius 2 is 1.92 bits per heavy atom. The number of carbonyl (C=O) groups is 1. The van der Waals surface area contributed by atoms with Crippen molar-refractivity contribution in [3.63, 3.8) is 0 Å². The van der Waals surface area contributed by atoms with Gasteiger partial charge in [-0.05, 0) is 44.2 Å². The highest BCUT2D eigenvalue weighted by Gasteiger charge is 2.49. The predicted molar refractivity (Wildman–Crippen MR) is 104 cm³/mol. The molecule has 4 rings (SSSR count). The number of likely N-dealkylation sites (tertiary alicyclic amines) is 2. The van der Waals surface area contributed by atoms with E-state index in [9.17, 15) is 4.79 Å². The third-order valence-electron chi connectivity index (χ3n) is 6.31. The molecule has 140 valence electrons. The minimum absolute atomic E-state index is 0.128. The summed E-state index contributed by atoms with van der Waals surface area (Å²) in [7, 11) is 0. The molecule has 4 heteroatoms. The molecule has 3 aliphatic rings. The molecule has 3 aliphatic heterocycles. The van der Waals surface area contributed by atoms with Crippen molar-refractivity contribution in [2.24, 2.45) is 5.41 Å². The molecule has 3 fully saturated rings. The smallest absolute Gasteiger partial charge is 0.230 e. The van der Waals surface area contributed by atoms with Gasteiger partial charge in [-0.2, -0.15) is 0 Å². The van der Waals surface area contributed by atoms with Crippen LogP contribution in [0.5, 0.6) is 0 Å². The maximum Gasteiger partial charge on any atom is 0.230 e. The Kier molecular flexibility index (Phi) is 5.41. The van der Waals surface area contributed by atoms with Crippen LogP contribution in [0.1, 0.15) is 37.7 Å². The Morgan fingerprint density at radius 1 is 1.12 bits per heavy atom. The minimum Gasteiger partial charge on any atom is -0.381 e. The fourth-order valence-corrected chi connectivity index (χ4v) is 4.84. The number of rotatable bonds is 4. The molecule has 0 unspecified atom stereocenters. The first-order chi connectivity index (χ1) is 12.8. The van der Waals surface area contributed by atoms with Crippen molar-refractivity contribution in [1.82, 2.24) is 9.80 Å². The lowest BCUT2D eigenvalue weighted by atomic mass is 9.77. The van der Waals surface area contributed by atoms with E-state index in [1.165, 1.54) is 5.56 Å². The van der Waals surface area contributed by atoms with Crippen LogP contribution < -0.4 is 0 Å². The van der Waals surface area contributed by atoms with Crippen molar-refractivity contribution >= 4 is 12.0 Å². The number of hydrogen-bond donors (Lipinski definition) is 0. The summed E-state index contributed by atoms with van der Waals surface area (Å²) in [5.41, 5.74) is 1.11. The van der Waals surface area contributed by atoms with Gasteiger partial charge in [-0.25, -0.2) is 0 Å². The molecule has 0 N–H and O–H groups in total. The largest absolute Gasteiger partial charge is 0.381 e. The van der Waals surface area contributed by atoms with E-state index >= 15 is 0 Å². The summed E-state index contributed by atoms with van der Waals surface area (Å²) in [5.74, 6) is 0.421. The summed E-state index contributed by atoms with van der Waals surface area (Å²) >= 11 is 0. The van der Waals surface area contributed by atoms with Crippen molar-refractivity contribution in [2.45, 2.75) is 38.1 Å². The quantitative estimate of drug-likeness (QED) is 0.832. The third kappa shape index (κ3) is 3.72. The second kappa shape index (κ2) is 7.93. The maximum absolute atomic E-state index is 13.3. The number of amides is 1. The van der Waals surface area contributed by atoms with Crippen LogP contribution in [0.25, 0.3) is 6.08 Å². The first kappa shape index (κ1) is 17.7. The van der Waals surface area contributed by atoms with Gasteiger partial charge in [0.15, 0.2) is 0 Å². The number of benzene rings is 1. The fourth-order valence-electron chi connectivity index (χ4n) is 4.84. The lowest BCUT2D eigenvalue weighted by molar-refractivity contribution is -0.150. The molecule has 26 heavy (non-hydrogen) atoms. The van der Waals surface area contributed by atoms with Crippen molar-refractivity contribution < 1.29 is 9.53 Å². The van der Waals surface area contributed by atoms with Crippen LogP contribution >= 0.6 is 0 Å². The average molecular weight is 354 g/mol. The molecule has 0 bridgehead atoms. The monoisotopic (exact) mass is 354 g/mol. The predicted octanol–water partition coefficient (Wildman–Crippen LogP) is 3.19. The molecular formula is C22H30N2O2. The van der Waals surface area contributed by atoms with Crippen molar-refractivity contribution in [3.05, 3.63) is 42.0 Å². The Morgan fingerprint density at radius 3 is 2.73 bits per heavy atom. The highest BCUT2D eigenvalue weighted by atomic mass is 16.5. The molecule has 0 radical (unpaired) electrons. The van der Waals surface area contributed by atoms with Gasteiger partial charge in [0, 0.05) is 38.9 Å². The number of ether oxygens (including phenoxy) is 1. The molecule has 3 saturated heterocycles. The first-order valence-corrected chi connectivity index (χ1v) is 10.1. The second-order valence-electron chi connectivity index (χ2n) is 8.02. The fraction of sp³-hybridized carbons (Fsp3) is 0.591. The molecular weight excluding hydrogens is 324 g/mol. The Bertz CT molecular complexity index is 639. The molecule has 1 atom stereocenters. The molecule has 1 amide bonds. The molecule has 1 aromatic rings. The van der Waals surface area contributed by atoms with Crippen molar-refractivity contribution in [2.75, 3.05) is 39.4 Å². The number of carbonyl (C=O) groups excluding carboxylic acids is 1. The lowest BCUT2D eigenvalue weighted by Gasteiger charge is -2.44. The van der Waals surface area contributed by atoms with E-state index in [0.717, 1.165) is 71.5 Å². The van der Waals surface area contributed by atoms with E-state index in [4.69, 9.17) is 4.74 Å². The highest BCUT2D eigenvalue weighted by molar-refractivity contribution is 5.84. The Labute approximate surface area is 156 Å². The zero-order chi connectivity index (χ0) is 17.8. The Hall–Kier alpha value is -1.65. The van der Waals surface area contributed by atoms with Gasteiger partial charge in [0.1, 0.15) is 0 Å². The first-order valence-electron chi connectivity index (χ1n) is 10.1. The van der Waals surface area contributed by atoms with Gasteiger partial charge in [-0.3, -0.25) is 9.69 Å². The van der Waals surface area contributed by atoms with Crippen molar-refractivity contribution in [3.8, 4) is 0 Å². The third-order valence-corrected chi connectivity index (χ3v) is 6.31. The van der Waals surface area contributed by atoms with Crippen LogP contribution in [-0.2, 0) is 9.53 Å². The van der Waals surface area contributed by atoms with E-state index < -0.39 is 0 Å². The van der Waals surface area contributed by atoms with Gasteiger partial charge in [0.25, 0.3) is 0 Å². The zero-order valence-corrected chi connectivity index (χ0v) is 15.6. The maximum atomic E-state index is 13.3. The van der Waals surface area contributed by atoms with Gasteiger partial charge >= 0.3 is 0 Å². The summed E-state index contributed by atoms with van der Waals surface area (Å²) in [6.07, 6.45) is 9.66. The van der Waals surface area contributed by atoms with Crippen LogP contribution in [0.3, 0.4) is 0 Å². The Balaban J connectivity index is 1.36. The van der Waals surface area contributed by atoms with E-state index in [1.807, 2.05) is 6.07 Å². The summed E-state index contributed by atoms with van der Waals surface area (Å²) in [4.78, 5) is 18.0. The lowest BCUT2D eigenvalue weighted by Crippen LogP contribution is -2.54. The van der Waals surface area contributed by atoms with E-state index in [1.54, 1.807) is 0 Å². The minimum atomic E-state index is -0.128. The van der Waals surface area contributed by atoms with Crippen molar-refractivity contribution in [1.29, 1.82) is 0 Å². The SMILES string of the molecule is O=C1N(C2CCOCC2)CCC[C@]12CCN(C/C=C/c1ccccc1)C2. The second-order valence-corrected chi connectivity index (χ2v) is 8.02. The van der Waals surface area contributed by atoms with Crippen LogP contribution in [0.2, 0.25) is 0 Å². The van der Waals surface area contributed by atoms with Gasteiger partial charge in [0.2, 0.25) is 5.91 Å². The van der Waals surface area contributed by atoms with Gasteiger partial charge in [-0.15, -0.1) is 0 Å². The summed E-state index contributed by atoms with van der Waals surface area (Å²) in [6.45, 7) is 5.44. The molecule has 1 aromatic carbocycles. The van der Waals surface area contributed by atoms with Gasteiger partial charge in [0.05, 0.1) is 5.41 Å². The molecule has 0 aromatic heterocycles. The number of nitrogens with zero attached hydrogens (tertiary/aromatic N) is 2. The zero-order valence-electron chi connectivity index (χ0n) is 15.6. The molecule has 0 aliphatic carbocycles. The molecule has 4 nitrogen and oxygen atoms in total. The molecule has 3 heterocycles. The van der Waals surface area contributed by atoms with Gasteiger partial charge < -0.3 is 9.64 Å². The van der Waals surface area contributed by atoms with Crippen LogP contribution in [-0.4, -0.2) is 61.1 Å². The van der Waals surface area contributed by atoms with E-state index in [-0.39, 0.29) is 5.41 Å². The molecule has 0 saturated carbocycles. The van der Waals surface area contributed by atoms with E-state index in [2.05, 4.69) is 46.2 Å². The van der Waals surface area contributed by atoms with Crippen LogP contribution in [0, 0.1) is 5.41 Å². The van der Waals surface area contributed by atoms with Crippen LogP contribution in [0.15, 0.2) is 36.4 Å². The highest BCUT2D eigenvalue weighted by Crippen LogP contribution is 2.41. The summed E-state index contributed by atoms with van der Waals surface area (Å²) in [6, 6.07) is 10.8. The average Bonchev–Trinajstić information content (AvgIpc) is 3.10. The van der Waals surface area contributed by atoms with E-state index in [0.29, 0.717) is 11.9 Å².